The van der Waals surface area contributed by atoms with Crippen LogP contribution in [0.4, 0.5) is 13.2 Å². The third kappa shape index (κ3) is 3.16. The molecule has 0 saturated heterocycles. The van der Waals surface area contributed by atoms with Crippen molar-refractivity contribution in [3.05, 3.63) is 69.4 Å². The summed E-state index contributed by atoms with van der Waals surface area (Å²) in [5, 5.41) is 0. The summed E-state index contributed by atoms with van der Waals surface area (Å²) in [6.07, 6.45) is 0.0889. The predicted octanol–water partition coefficient (Wildman–Crippen LogP) is 4.11. The van der Waals surface area contributed by atoms with E-state index in [9.17, 15) is 13.2 Å². The Morgan fingerprint density at radius 1 is 1.11 bits per heavy atom. The molecule has 0 aliphatic carbocycles. The Hall–Kier alpha value is -1.33. The van der Waals surface area contributed by atoms with E-state index in [1.807, 2.05) is 0 Å². The molecule has 2 rings (SSSR count). The molecule has 2 aromatic rings. The monoisotopic (exact) mass is 329 g/mol. The topological polar surface area (TPSA) is 26.0 Å². The van der Waals surface area contributed by atoms with Crippen LogP contribution >= 0.6 is 15.9 Å². The molecule has 5 heteroatoms. The van der Waals surface area contributed by atoms with Crippen LogP contribution in [0.3, 0.4) is 0 Å². The minimum Gasteiger partial charge on any atom is -0.324 e. The number of halogens is 4. The van der Waals surface area contributed by atoms with Gasteiger partial charge in [0.05, 0.1) is 0 Å². The molecule has 0 bridgehead atoms. The predicted molar refractivity (Wildman–Crippen MR) is 71.1 cm³/mol. The largest absolute Gasteiger partial charge is 0.324 e. The summed E-state index contributed by atoms with van der Waals surface area (Å²) in [5.74, 6) is -2.25. The van der Waals surface area contributed by atoms with Gasteiger partial charge in [0, 0.05) is 10.5 Å². The second-order valence-electron chi connectivity index (χ2n) is 4.19. The number of benzene rings is 2. The number of nitrogens with two attached hydrogens (primary N) is 1. The zero-order valence-electron chi connectivity index (χ0n) is 9.84. The summed E-state index contributed by atoms with van der Waals surface area (Å²) in [6, 6.07) is 7.41. The van der Waals surface area contributed by atoms with Gasteiger partial charge in [0.15, 0.2) is 11.6 Å². The van der Waals surface area contributed by atoms with Gasteiger partial charge in [-0.15, -0.1) is 0 Å². The highest BCUT2D eigenvalue weighted by molar-refractivity contribution is 9.10. The van der Waals surface area contributed by atoms with Crippen LogP contribution in [-0.2, 0) is 6.42 Å². The Morgan fingerprint density at radius 3 is 2.58 bits per heavy atom. The first-order valence-electron chi connectivity index (χ1n) is 5.62. The Morgan fingerprint density at radius 2 is 1.84 bits per heavy atom. The fourth-order valence-corrected chi connectivity index (χ4v) is 2.39. The molecule has 0 saturated carbocycles. The van der Waals surface area contributed by atoms with Crippen molar-refractivity contribution in [2.45, 2.75) is 12.5 Å². The Labute approximate surface area is 117 Å². The van der Waals surface area contributed by atoms with Gasteiger partial charge < -0.3 is 5.73 Å². The zero-order valence-corrected chi connectivity index (χ0v) is 11.4. The standard InChI is InChI=1S/C14H11BrF3N/c15-11-5-4-9(16)7-10(11)13(19)6-8-2-1-3-12(17)14(8)18/h1-5,7,13H,6,19H2. The van der Waals surface area contributed by atoms with E-state index < -0.39 is 23.5 Å². The third-order valence-electron chi connectivity index (χ3n) is 2.83. The molecule has 0 aliphatic rings. The Balaban J connectivity index is 2.28. The minimum absolute atomic E-state index is 0.0889. The van der Waals surface area contributed by atoms with Gasteiger partial charge in [-0.25, -0.2) is 13.2 Å². The summed E-state index contributed by atoms with van der Waals surface area (Å²) in [6.45, 7) is 0. The summed E-state index contributed by atoms with van der Waals surface area (Å²) in [4.78, 5) is 0. The lowest BCUT2D eigenvalue weighted by molar-refractivity contribution is 0.494. The highest BCUT2D eigenvalue weighted by Gasteiger charge is 2.15. The van der Waals surface area contributed by atoms with Gasteiger partial charge in [0.2, 0.25) is 0 Å². The van der Waals surface area contributed by atoms with E-state index in [0.717, 1.165) is 6.07 Å². The first-order valence-corrected chi connectivity index (χ1v) is 6.41. The van der Waals surface area contributed by atoms with E-state index in [0.29, 0.717) is 10.0 Å². The fraction of sp³-hybridized carbons (Fsp3) is 0.143. The lowest BCUT2D eigenvalue weighted by Crippen LogP contribution is -2.15. The molecule has 19 heavy (non-hydrogen) atoms. The lowest BCUT2D eigenvalue weighted by Gasteiger charge is -2.14. The van der Waals surface area contributed by atoms with Crippen molar-refractivity contribution < 1.29 is 13.2 Å². The average molecular weight is 330 g/mol. The second-order valence-corrected chi connectivity index (χ2v) is 5.04. The van der Waals surface area contributed by atoms with E-state index in [-0.39, 0.29) is 12.0 Å². The molecule has 1 nitrogen and oxygen atoms in total. The Bertz CT molecular complexity index is 601. The second kappa shape index (κ2) is 5.75. The van der Waals surface area contributed by atoms with Gasteiger partial charge in [-0.3, -0.25) is 0 Å². The molecule has 0 heterocycles. The van der Waals surface area contributed by atoms with Crippen molar-refractivity contribution in [2.75, 3.05) is 0 Å². The van der Waals surface area contributed by atoms with Crippen molar-refractivity contribution >= 4 is 15.9 Å². The summed E-state index contributed by atoms with van der Waals surface area (Å²) >= 11 is 3.26. The van der Waals surface area contributed by atoms with E-state index >= 15 is 0 Å². The SMILES string of the molecule is NC(Cc1cccc(F)c1F)c1cc(F)ccc1Br. The number of hydrogen-bond acceptors (Lipinski definition) is 1. The van der Waals surface area contributed by atoms with Gasteiger partial charge in [0.1, 0.15) is 5.82 Å². The van der Waals surface area contributed by atoms with E-state index in [1.165, 1.54) is 30.3 Å². The van der Waals surface area contributed by atoms with Crippen LogP contribution in [0, 0.1) is 17.5 Å². The summed E-state index contributed by atoms with van der Waals surface area (Å²) < 4.78 is 40.4. The van der Waals surface area contributed by atoms with Crippen molar-refractivity contribution in [3.8, 4) is 0 Å². The normalized spacial score (nSPS) is 12.5. The maximum Gasteiger partial charge on any atom is 0.162 e. The molecule has 2 N–H and O–H groups in total. The van der Waals surface area contributed by atoms with Gasteiger partial charge in [-0.1, -0.05) is 28.1 Å². The van der Waals surface area contributed by atoms with E-state index in [4.69, 9.17) is 5.73 Å². The summed E-state index contributed by atoms with van der Waals surface area (Å²) in [7, 11) is 0. The van der Waals surface area contributed by atoms with E-state index in [1.54, 1.807) is 0 Å². The molecule has 1 atom stereocenters. The van der Waals surface area contributed by atoms with Gasteiger partial charge in [-0.2, -0.15) is 0 Å². The highest BCUT2D eigenvalue weighted by atomic mass is 79.9. The average Bonchev–Trinajstić information content (AvgIpc) is 2.38. The molecule has 0 fully saturated rings. The molecular formula is C14H11BrF3N. The molecule has 2 aromatic carbocycles. The van der Waals surface area contributed by atoms with Crippen molar-refractivity contribution in [1.82, 2.24) is 0 Å². The fourth-order valence-electron chi connectivity index (χ4n) is 1.85. The first kappa shape index (κ1) is 14.1. The smallest absolute Gasteiger partial charge is 0.162 e. The molecular weight excluding hydrogens is 319 g/mol. The van der Waals surface area contributed by atoms with Crippen LogP contribution in [0.5, 0.6) is 0 Å². The molecule has 0 amide bonds. The van der Waals surface area contributed by atoms with Gasteiger partial charge >= 0.3 is 0 Å². The van der Waals surface area contributed by atoms with E-state index in [2.05, 4.69) is 15.9 Å². The van der Waals surface area contributed by atoms with Crippen LogP contribution in [0.2, 0.25) is 0 Å². The molecule has 100 valence electrons. The summed E-state index contributed by atoms with van der Waals surface area (Å²) in [5.41, 5.74) is 6.62. The van der Waals surface area contributed by atoms with Crippen molar-refractivity contribution in [2.24, 2.45) is 5.73 Å². The van der Waals surface area contributed by atoms with Crippen LogP contribution in [-0.4, -0.2) is 0 Å². The molecule has 0 aliphatic heterocycles. The van der Waals surface area contributed by atoms with Gasteiger partial charge in [-0.05, 0) is 41.8 Å². The molecule has 0 aromatic heterocycles. The lowest BCUT2D eigenvalue weighted by atomic mass is 9.99. The number of hydrogen-bond donors (Lipinski definition) is 1. The first-order chi connectivity index (χ1) is 8.99. The Kier molecular flexibility index (Phi) is 4.27. The molecule has 1 unspecified atom stereocenters. The van der Waals surface area contributed by atoms with Crippen molar-refractivity contribution in [1.29, 1.82) is 0 Å². The zero-order chi connectivity index (χ0) is 14.0. The van der Waals surface area contributed by atoms with Crippen molar-refractivity contribution in [3.63, 3.8) is 0 Å². The van der Waals surface area contributed by atoms with Gasteiger partial charge in [0.25, 0.3) is 0 Å². The molecule has 0 radical (unpaired) electrons. The molecule has 0 spiro atoms. The highest BCUT2D eigenvalue weighted by Crippen LogP contribution is 2.26. The number of rotatable bonds is 3. The third-order valence-corrected chi connectivity index (χ3v) is 3.55. The maximum absolute atomic E-state index is 13.5. The quantitative estimate of drug-likeness (QED) is 0.901. The maximum atomic E-state index is 13.5. The van der Waals surface area contributed by atoms with Crippen LogP contribution in [0.15, 0.2) is 40.9 Å². The van der Waals surface area contributed by atoms with Crippen LogP contribution in [0.25, 0.3) is 0 Å². The van der Waals surface area contributed by atoms with Crippen LogP contribution < -0.4 is 5.73 Å². The minimum atomic E-state index is -0.914. The van der Waals surface area contributed by atoms with Crippen LogP contribution in [0.1, 0.15) is 17.2 Å².